The number of rotatable bonds is 42. The first-order valence-corrected chi connectivity index (χ1v) is 43.7. The maximum Gasteiger partial charge on any atom is 0.364 e. The molecule has 5 amide bonds. The van der Waals surface area contributed by atoms with Crippen LogP contribution in [0.4, 0.5) is 5.82 Å². The van der Waals surface area contributed by atoms with Crippen molar-refractivity contribution in [1.29, 1.82) is 0 Å². The Morgan fingerprint density at radius 3 is 1.22 bits per heavy atom. The quantitative estimate of drug-likeness (QED) is 0.0289. The smallest absolute Gasteiger partial charge is 0.364 e. The zero-order chi connectivity index (χ0) is 102. The Morgan fingerprint density at radius 2 is 0.783 bits per heavy atom. The number of carboxylic acids is 1. The second kappa shape index (κ2) is 50.6. The van der Waals surface area contributed by atoms with Gasteiger partial charge in [0, 0.05) is 53.8 Å². The molecule has 0 aromatic carbocycles. The number of carbonyl (C=O) groups excluding carboxylic acids is 5. The molecule has 60 nitrogen and oxygen atoms in total. The van der Waals surface area contributed by atoms with Crippen molar-refractivity contribution in [2.45, 2.75) is 347 Å². The summed E-state index contributed by atoms with van der Waals surface area (Å²) in [5.41, 5.74) is 0. The molecule has 50 atom stereocenters. The molecule has 10 heterocycles. The van der Waals surface area contributed by atoms with Gasteiger partial charge >= 0.3 is 5.97 Å². The van der Waals surface area contributed by atoms with E-state index in [0.717, 1.165) is 34.6 Å². The van der Waals surface area contributed by atoms with E-state index >= 15 is 0 Å². The van der Waals surface area contributed by atoms with Gasteiger partial charge in [-0.3, -0.25) is 24.0 Å². The molecule has 138 heavy (non-hydrogen) atoms. The van der Waals surface area contributed by atoms with Gasteiger partial charge < -0.3 is 265 Å². The Hall–Kier alpha value is -6.07. The van der Waals surface area contributed by atoms with Gasteiger partial charge in [0.15, 0.2) is 50.3 Å². The average molecular weight is 2010 g/mol. The monoisotopic (exact) mass is 2010 g/mol. The molecule has 0 unspecified atom stereocenters. The van der Waals surface area contributed by atoms with Gasteiger partial charge in [-0.25, -0.2) is 9.78 Å². The van der Waals surface area contributed by atoms with Crippen molar-refractivity contribution in [3.05, 3.63) is 24.4 Å². The normalized spacial score (nSPS) is 43.2. The lowest BCUT2D eigenvalue weighted by atomic mass is 9.88. The van der Waals surface area contributed by atoms with E-state index in [2.05, 4.69) is 36.9 Å². The van der Waals surface area contributed by atoms with Crippen molar-refractivity contribution < 1.29 is 262 Å². The summed E-state index contributed by atoms with van der Waals surface area (Å²) in [6.45, 7) is -7.70. The highest BCUT2D eigenvalue weighted by atomic mass is 16.8. The van der Waals surface area contributed by atoms with Crippen molar-refractivity contribution in [2.75, 3.05) is 77.9 Å². The Kier molecular flexibility index (Phi) is 41.8. The van der Waals surface area contributed by atoms with Crippen molar-refractivity contribution in [1.82, 2.24) is 31.6 Å². The fraction of sp³-hybridized carbons (Fsp3) is 0.859. The summed E-state index contributed by atoms with van der Waals surface area (Å²) < 4.78 is 108. The second-order valence-electron chi connectivity index (χ2n) is 34.3. The third kappa shape index (κ3) is 26.4. The Balaban J connectivity index is 0.963. The van der Waals surface area contributed by atoms with E-state index < -0.39 is 414 Å². The van der Waals surface area contributed by atoms with Gasteiger partial charge in [-0.15, -0.1) is 0 Å². The molecule has 60 heteroatoms. The predicted octanol–water partition coefficient (Wildman–Crippen LogP) is -21.7. The number of aromatic nitrogens is 1. The second-order valence-corrected chi connectivity index (χ2v) is 34.3. The number of ether oxygens (including phenoxy) is 18. The van der Waals surface area contributed by atoms with Gasteiger partial charge in [-0.1, -0.05) is 6.07 Å². The number of aliphatic hydroxyl groups excluding tert-OH is 28. The van der Waals surface area contributed by atoms with Crippen LogP contribution in [0.2, 0.25) is 0 Å². The number of anilines is 1. The van der Waals surface area contributed by atoms with Crippen LogP contribution in [0.3, 0.4) is 0 Å². The number of carbonyl (C=O) groups is 6. The molecule has 9 aliphatic heterocycles. The first-order valence-electron chi connectivity index (χ1n) is 43.7. The van der Waals surface area contributed by atoms with Crippen LogP contribution in [0.5, 0.6) is 0 Å². The molecular weight excluding hydrogens is 1880 g/mol. The Morgan fingerprint density at radius 1 is 0.399 bits per heavy atom. The van der Waals surface area contributed by atoms with Gasteiger partial charge in [0.1, 0.15) is 238 Å². The molecule has 0 aliphatic carbocycles. The largest absolute Gasteiger partial charge is 0.477 e. The fourth-order valence-corrected chi connectivity index (χ4v) is 17.2. The average Bonchev–Trinajstić information content (AvgIpc) is 0.787. The van der Waals surface area contributed by atoms with Gasteiger partial charge in [0.05, 0.1) is 84.3 Å². The number of hydrogen-bond donors (Lipinski definition) is 35. The number of hydrogen-bond acceptors (Lipinski definition) is 54. The van der Waals surface area contributed by atoms with Crippen LogP contribution >= 0.6 is 0 Å². The molecule has 35 N–H and O–H groups in total. The summed E-state index contributed by atoms with van der Waals surface area (Å²) in [6.07, 6.45) is -97.1. The number of amides is 5. The number of aliphatic hydroxyl groups is 28. The first kappa shape index (κ1) is 114. The molecule has 0 saturated carbocycles. The molecule has 0 bridgehead atoms. The van der Waals surface area contributed by atoms with Crippen molar-refractivity contribution in [2.24, 2.45) is 0 Å². The van der Waals surface area contributed by atoms with Crippen LogP contribution in [0.1, 0.15) is 41.0 Å². The number of pyridine rings is 1. The molecule has 1 aromatic heterocycles. The minimum absolute atomic E-state index is 0.219. The third-order valence-electron chi connectivity index (χ3n) is 24.5. The number of nitrogens with one attached hydrogen (secondary N) is 6. The highest BCUT2D eigenvalue weighted by Crippen LogP contribution is 2.42. The maximum atomic E-state index is 13.2. The highest BCUT2D eigenvalue weighted by Gasteiger charge is 2.63. The van der Waals surface area contributed by atoms with Crippen LogP contribution in [0.15, 0.2) is 24.4 Å². The summed E-state index contributed by atoms with van der Waals surface area (Å²) in [5, 5.41) is 341. The van der Waals surface area contributed by atoms with Crippen LogP contribution < -0.4 is 31.9 Å². The summed E-state index contributed by atoms with van der Waals surface area (Å²) in [6, 6.07) is -4.59. The van der Waals surface area contributed by atoms with E-state index in [0.29, 0.717) is 0 Å². The molecule has 792 valence electrons. The molecule has 1 aromatic rings. The SMILES string of the molecule is CC(=O)N[C@H]1[C@H](O[C@@H]([C@H](O)[C@H](CNc2ccccn2)NC(C)=O)[C@H](O)CO)O[C@H](CO)[C@@H](O[C@@H]2O[C@H](CO[C@H]3O[C@H](CO)[C@@H](O)[C@H](O)[C@@H]3O[C@@H]3O[C@H](CO)[C@@H](O[C@@H]4O[C@H](CO[C@]5(C(=O)O)C[C@H](O)[C@@H](NC(C)=O)[C@H]([C@H](O)[C@H](O)CO)O5)[C@H](O)[C@H](O)[C@H]4O)[C@H](O)[C@H]3NC(C)=O)[C@@H](O)[C@H](O[C@H]3O[C@H](CO)[C@@H](O)[C@H](O)[C@@H]3O[C@@H]3O[C@H](CO)[C@@H](O[C@@H]4O[C@H](CO)[C@H](O)[C@H](O)[C@H]4O)[C@H](O)[C@H]3NC(C)=O)[C@@H]2O)[C@@H]1O. The maximum absolute atomic E-state index is 13.2. The van der Waals surface area contributed by atoms with E-state index in [1.807, 2.05) is 0 Å². The minimum Gasteiger partial charge on any atom is -0.477 e. The van der Waals surface area contributed by atoms with Crippen LogP contribution in [-0.4, -0.2) is 567 Å². The van der Waals surface area contributed by atoms with E-state index in [4.69, 9.17) is 85.3 Å². The minimum atomic E-state index is -3.10. The van der Waals surface area contributed by atoms with Crippen molar-refractivity contribution in [3.63, 3.8) is 0 Å². The Bertz CT molecular complexity index is 3980. The zero-order valence-electron chi connectivity index (χ0n) is 74.3. The molecule has 9 saturated heterocycles. The standard InChI is InChI=1S/C78H127N7O53/c1-22(94)81-27(11-80-39-8-6-7-9-79-39)44(102)61(30(101)13-87)131-69-41(83-24(3)96)51(109)64(36(19-93)126-69)134-74-60(118)66(135-76-68(57(115)48(106)33(16-90)125-76)137-71-43(85-26(5)98)53(111)62(34(17-91)128-71)132-72-58(116)54(112)46(104)31(14-88)123-72)50(108)37(129-74)20-121-75-67(56(114)47(105)32(15-89)124-75)136-70-42(84-25(4)97)52(110)63(35(18-92)127-70)133-73-59(117)55(113)49(107)38(130-73)21-122-78(77(119)120)10-28(99)40(82-23(2)95)65(138-78)45(103)29(100)12-86/h6-9,27-38,40-76,86-93,99-118H,10-21H2,1-5H3,(H,79,80)(H,81,94)(H,82,95)(H,83,96)(H,84,97)(H,85,98)(H,119,120)/t27-,28-,29+,30+,31+,32+,33+,34+,35+,36+,37+,38+,40+,41+,42+,43+,44+,45+,46-,47+,48+,49-,50+,51+,52+,53+,54-,55-,56-,57-,58+,59+,60-,61+,62+,63+,64+,65+,66-,67-,68-,69-,70-,71-,72-,73-,74-,75-,76+,78+/m0/s1. The third-order valence-corrected chi connectivity index (χ3v) is 24.5. The van der Waals surface area contributed by atoms with Crippen molar-refractivity contribution in [3.8, 4) is 0 Å². The summed E-state index contributed by atoms with van der Waals surface area (Å²) >= 11 is 0. The zero-order valence-corrected chi connectivity index (χ0v) is 74.3. The first-order chi connectivity index (χ1) is 65.3. The lowest BCUT2D eigenvalue weighted by molar-refractivity contribution is -0.398. The van der Waals surface area contributed by atoms with Gasteiger partial charge in [-0.05, 0) is 12.1 Å². The number of aliphatic carboxylic acids is 1. The van der Waals surface area contributed by atoms with E-state index in [-0.39, 0.29) is 12.4 Å². The summed E-state index contributed by atoms with van der Waals surface area (Å²) in [5.74, 6) is -9.57. The number of nitrogens with zero attached hydrogens (tertiary/aromatic N) is 1. The molecule has 9 aliphatic rings. The fourth-order valence-electron chi connectivity index (χ4n) is 17.2. The topological polar surface area (TPSA) is 940 Å². The Labute approximate surface area is 782 Å². The van der Waals surface area contributed by atoms with Gasteiger partial charge in [0.25, 0.3) is 5.79 Å². The predicted molar refractivity (Wildman–Crippen MR) is 433 cm³/mol. The lowest BCUT2D eigenvalue weighted by Crippen LogP contribution is -2.70. The highest BCUT2D eigenvalue weighted by molar-refractivity contribution is 5.77. The van der Waals surface area contributed by atoms with Crippen molar-refractivity contribution >= 4 is 41.3 Å². The molecule has 0 radical (unpaired) electrons. The molecule has 0 spiro atoms. The number of carboxylic acid groups (broad SMARTS) is 1. The van der Waals surface area contributed by atoms with Gasteiger partial charge in [0.2, 0.25) is 29.5 Å². The van der Waals surface area contributed by atoms with Crippen LogP contribution in [0, 0.1) is 0 Å². The van der Waals surface area contributed by atoms with E-state index in [9.17, 15) is 177 Å². The van der Waals surface area contributed by atoms with E-state index in [1.54, 1.807) is 12.1 Å². The molecule has 10 rings (SSSR count). The summed E-state index contributed by atoms with van der Waals surface area (Å²) in [7, 11) is 0. The molecule has 9 fully saturated rings. The van der Waals surface area contributed by atoms with Crippen LogP contribution in [0.25, 0.3) is 0 Å². The molecular formula is C78H127N7O53. The lowest BCUT2D eigenvalue weighted by Gasteiger charge is -2.51. The van der Waals surface area contributed by atoms with Gasteiger partial charge in [-0.2, -0.15) is 0 Å². The van der Waals surface area contributed by atoms with Crippen LogP contribution in [-0.2, 0) is 114 Å². The summed E-state index contributed by atoms with van der Waals surface area (Å²) in [4.78, 5) is 81.5. The van der Waals surface area contributed by atoms with E-state index in [1.165, 1.54) is 12.3 Å².